The Morgan fingerprint density at radius 2 is 1.95 bits per heavy atom. The van der Waals surface area contributed by atoms with Crippen LogP contribution in [0.4, 0.5) is 34.6 Å². The van der Waals surface area contributed by atoms with Crippen LogP contribution in [0.1, 0.15) is 30.5 Å². The first-order valence-corrected chi connectivity index (χ1v) is 13.5. The molecule has 0 saturated carbocycles. The minimum atomic E-state index is -4.67. The number of guanidine groups is 1. The summed E-state index contributed by atoms with van der Waals surface area (Å²) in [6.45, 7) is 3.16. The van der Waals surface area contributed by atoms with E-state index in [0.29, 0.717) is 25.4 Å². The van der Waals surface area contributed by atoms with Crippen LogP contribution in [0.25, 0.3) is 0 Å². The number of nitrogens with zero attached hydrogens (tertiary/aromatic N) is 5. The molecule has 3 aromatic rings. The number of hydrogen-bond donors (Lipinski definition) is 1. The zero-order valence-electron chi connectivity index (χ0n) is 22.4. The quantitative estimate of drug-likeness (QED) is 0.372. The molecule has 5 rings (SSSR count). The molecular formula is C27H27F4N5O4S. The van der Waals surface area contributed by atoms with Crippen molar-refractivity contribution in [2.24, 2.45) is 4.99 Å². The zero-order chi connectivity index (χ0) is 29.5. The average molecular weight is 594 g/mol. The highest BCUT2D eigenvalue weighted by Crippen LogP contribution is 2.47. The number of halogens is 4. The van der Waals surface area contributed by atoms with Crippen LogP contribution in [0, 0.1) is 5.13 Å². The highest BCUT2D eigenvalue weighted by atomic mass is 32.1. The molecule has 1 N–H and O–H groups in total. The van der Waals surface area contributed by atoms with Crippen LogP contribution in [0.2, 0.25) is 0 Å². The first-order chi connectivity index (χ1) is 19.5. The molecule has 1 fully saturated rings. The zero-order valence-corrected chi connectivity index (χ0v) is 23.2. The summed E-state index contributed by atoms with van der Waals surface area (Å²) in [6, 6.07) is 3.69. The number of piperazine rings is 1. The summed E-state index contributed by atoms with van der Waals surface area (Å²) in [5.74, 6) is -0.370. The predicted octanol–water partition coefficient (Wildman–Crippen LogP) is 5.55. The molecule has 41 heavy (non-hydrogen) atoms. The Morgan fingerprint density at radius 3 is 2.61 bits per heavy atom. The van der Waals surface area contributed by atoms with Crippen molar-refractivity contribution in [3.63, 3.8) is 0 Å². The third-order valence-electron chi connectivity index (χ3n) is 7.16. The van der Waals surface area contributed by atoms with Crippen LogP contribution in [0.3, 0.4) is 0 Å². The third kappa shape index (κ3) is 5.47. The van der Waals surface area contributed by atoms with Gasteiger partial charge in [0.25, 0.3) is 0 Å². The molecule has 9 nitrogen and oxygen atoms in total. The van der Waals surface area contributed by atoms with Gasteiger partial charge in [-0.25, -0.2) is 4.99 Å². The number of aromatic nitrogens is 1. The van der Waals surface area contributed by atoms with Gasteiger partial charge in [0.05, 0.1) is 56.0 Å². The van der Waals surface area contributed by atoms with E-state index in [0.717, 1.165) is 29.2 Å². The number of methoxy groups -OCH3 is 2. The number of carbonyl (C=O) groups is 1. The van der Waals surface area contributed by atoms with Crippen LogP contribution in [0.15, 0.2) is 47.0 Å². The molecule has 0 spiro atoms. The number of carboxylic acids is 1. The molecule has 14 heteroatoms. The van der Waals surface area contributed by atoms with Crippen LogP contribution in [-0.2, 0) is 11.0 Å². The lowest BCUT2D eigenvalue weighted by Crippen LogP contribution is -2.58. The van der Waals surface area contributed by atoms with Crippen LogP contribution >= 0.6 is 11.3 Å². The lowest BCUT2D eigenvalue weighted by atomic mass is 10.00. The minimum Gasteiger partial charge on any atom is -0.495 e. The van der Waals surface area contributed by atoms with Crippen molar-refractivity contribution in [1.82, 2.24) is 9.88 Å². The van der Waals surface area contributed by atoms with E-state index >= 15 is 0 Å². The lowest BCUT2D eigenvalue weighted by Gasteiger charge is -2.47. The first-order valence-electron chi connectivity index (χ1n) is 12.6. The van der Waals surface area contributed by atoms with E-state index in [1.807, 2.05) is 17.9 Å². The van der Waals surface area contributed by atoms with E-state index in [-0.39, 0.29) is 34.7 Å². The summed E-state index contributed by atoms with van der Waals surface area (Å²) in [5, 5.41) is 10.7. The molecule has 1 saturated heterocycles. The molecule has 0 aliphatic carbocycles. The Kier molecular flexibility index (Phi) is 7.68. The van der Waals surface area contributed by atoms with Crippen molar-refractivity contribution >= 4 is 40.3 Å². The Morgan fingerprint density at radius 1 is 1.17 bits per heavy atom. The second kappa shape index (κ2) is 11.1. The molecule has 2 aliphatic rings. The van der Waals surface area contributed by atoms with Gasteiger partial charge in [-0.3, -0.25) is 9.78 Å². The van der Waals surface area contributed by atoms with Gasteiger partial charge in [0.15, 0.2) is 0 Å². The Hall–Kier alpha value is -4.07. The van der Waals surface area contributed by atoms with Gasteiger partial charge in [0, 0.05) is 42.7 Å². The van der Waals surface area contributed by atoms with Crippen molar-refractivity contribution in [1.29, 1.82) is 0 Å². The molecule has 0 unspecified atom stereocenters. The minimum absolute atomic E-state index is 0.00878. The average Bonchev–Trinajstić information content (AvgIpc) is 3.32. The van der Waals surface area contributed by atoms with Crippen LogP contribution < -0.4 is 19.3 Å². The van der Waals surface area contributed by atoms with E-state index in [9.17, 15) is 27.5 Å². The Labute approximate surface area is 237 Å². The second-order valence-electron chi connectivity index (χ2n) is 9.66. The summed E-state index contributed by atoms with van der Waals surface area (Å²) >= 11 is 0.766. The van der Waals surface area contributed by atoms with E-state index in [2.05, 4.69) is 14.9 Å². The van der Waals surface area contributed by atoms with E-state index in [1.165, 1.54) is 23.5 Å². The summed E-state index contributed by atoms with van der Waals surface area (Å²) < 4.78 is 67.1. The van der Waals surface area contributed by atoms with E-state index < -0.39 is 35.3 Å². The van der Waals surface area contributed by atoms with Gasteiger partial charge >= 0.3 is 12.1 Å². The van der Waals surface area contributed by atoms with Crippen molar-refractivity contribution < 1.29 is 36.9 Å². The van der Waals surface area contributed by atoms with Crippen LogP contribution in [-0.4, -0.2) is 66.8 Å². The van der Waals surface area contributed by atoms with Crippen molar-refractivity contribution in [2.75, 3.05) is 43.7 Å². The summed E-state index contributed by atoms with van der Waals surface area (Å²) in [5.41, 5.74) is 0.149. The largest absolute Gasteiger partial charge is 0.495 e. The maximum absolute atomic E-state index is 14.9. The van der Waals surface area contributed by atoms with E-state index in [4.69, 9.17) is 9.47 Å². The molecular weight excluding hydrogens is 566 g/mol. The van der Waals surface area contributed by atoms with Crippen molar-refractivity contribution in [3.05, 3.63) is 58.3 Å². The van der Waals surface area contributed by atoms with Crippen LogP contribution in [0.5, 0.6) is 11.5 Å². The van der Waals surface area contributed by atoms with Gasteiger partial charge in [-0.05, 0) is 25.1 Å². The normalized spacial score (nSPS) is 19.1. The number of fused-ring (bicyclic) bond motifs is 1. The lowest BCUT2D eigenvalue weighted by molar-refractivity contribution is -0.138. The first kappa shape index (κ1) is 28.5. The fraction of sp³-hybridized carbons (Fsp3) is 0.370. The van der Waals surface area contributed by atoms with Crippen molar-refractivity contribution in [2.45, 2.75) is 31.6 Å². The fourth-order valence-electron chi connectivity index (χ4n) is 5.24. The summed E-state index contributed by atoms with van der Waals surface area (Å²) in [6.07, 6.45) is -1.87. The molecule has 4 heterocycles. The van der Waals surface area contributed by atoms with Gasteiger partial charge in [-0.1, -0.05) is 0 Å². The molecule has 1 aromatic carbocycles. The number of anilines is 2. The number of carboxylic acid groups (broad SMARTS) is 1. The Bertz CT molecular complexity index is 1480. The number of alkyl halides is 3. The Balaban J connectivity index is 1.60. The van der Waals surface area contributed by atoms with Crippen molar-refractivity contribution in [3.8, 4) is 11.5 Å². The number of aliphatic carboxylic acids is 1. The van der Waals surface area contributed by atoms with Gasteiger partial charge in [0.2, 0.25) is 11.1 Å². The fourth-order valence-corrected chi connectivity index (χ4v) is 6.01. The molecule has 218 valence electrons. The maximum Gasteiger partial charge on any atom is 0.416 e. The SMILES string of the molecule is COc1cncc(N2CCN(C3=Nc4c(csc4F)[C@H](CC(=O)O)N3c3cc(C(F)(F)F)ccc3OC)C[C@H]2C)c1. The number of thiophene rings is 1. The number of aliphatic imine (C=N–C) groups is 1. The number of rotatable bonds is 6. The molecule has 2 aromatic heterocycles. The molecule has 2 atom stereocenters. The maximum atomic E-state index is 14.9. The monoisotopic (exact) mass is 593 g/mol. The number of hydrogen-bond acceptors (Lipinski definition) is 9. The standard InChI is InChI=1S/C27H27F4N5O4S/c1-15-13-34(6-7-35(15)17-9-18(39-2)12-32-11-17)26-33-24-19(14-41-25(24)28)20(10-23(37)38)36(26)21-8-16(27(29,30)31)4-5-22(21)40-3/h4-5,8-9,11-12,14-15,20H,6-7,10,13H2,1-3H3,(H,37,38)/t15-,20+/m1/s1. The summed E-state index contributed by atoms with van der Waals surface area (Å²) in [4.78, 5) is 26.2. The number of benzene rings is 1. The van der Waals surface area contributed by atoms with Gasteiger partial charge < -0.3 is 29.3 Å². The third-order valence-corrected chi connectivity index (χ3v) is 7.93. The van der Waals surface area contributed by atoms with Gasteiger partial charge in [0.1, 0.15) is 17.2 Å². The predicted molar refractivity (Wildman–Crippen MR) is 146 cm³/mol. The number of pyridine rings is 1. The van der Waals surface area contributed by atoms with Gasteiger partial charge in [-0.15, -0.1) is 11.3 Å². The second-order valence-corrected chi connectivity index (χ2v) is 10.5. The number of ether oxygens (including phenoxy) is 2. The highest BCUT2D eigenvalue weighted by Gasteiger charge is 2.41. The molecule has 0 radical (unpaired) electrons. The molecule has 0 bridgehead atoms. The van der Waals surface area contributed by atoms with Gasteiger partial charge in [-0.2, -0.15) is 17.6 Å². The van der Waals surface area contributed by atoms with E-state index in [1.54, 1.807) is 19.5 Å². The molecule has 2 aliphatic heterocycles. The molecule has 0 amide bonds. The topological polar surface area (TPSA) is 90.7 Å². The summed E-state index contributed by atoms with van der Waals surface area (Å²) in [7, 11) is 2.86. The highest BCUT2D eigenvalue weighted by molar-refractivity contribution is 7.08. The smallest absolute Gasteiger partial charge is 0.416 e.